The van der Waals surface area contributed by atoms with E-state index in [1.807, 2.05) is 6.92 Å². The second kappa shape index (κ2) is 31.8. The third-order valence-corrected chi connectivity index (χ3v) is 11.7. The Hall–Kier alpha value is -7.30. The molecule has 2 aromatic rings. The van der Waals surface area contributed by atoms with Crippen LogP contribution in [-0.2, 0) is 51.2 Å². The van der Waals surface area contributed by atoms with Crippen molar-refractivity contribution in [2.75, 3.05) is 19.6 Å². The van der Waals surface area contributed by atoms with Gasteiger partial charge in [0.05, 0.1) is 6.04 Å². The molecule has 8 atom stereocenters. The molecule has 0 aliphatic heterocycles. The first kappa shape index (κ1) is 60.8. The average molecular weight is 1010 g/mol. The van der Waals surface area contributed by atoms with Gasteiger partial charge in [0.25, 0.3) is 0 Å². The molecule has 0 aliphatic rings. The van der Waals surface area contributed by atoms with Gasteiger partial charge < -0.3 is 71.0 Å². The van der Waals surface area contributed by atoms with E-state index in [1.54, 1.807) is 63.2 Å². The van der Waals surface area contributed by atoms with Crippen LogP contribution in [0.25, 0.3) is 0 Å². The van der Waals surface area contributed by atoms with Crippen molar-refractivity contribution in [3.63, 3.8) is 0 Å². The molecular weight excluding hydrogens is 929 g/mol. The fourth-order valence-corrected chi connectivity index (χ4v) is 7.44. The number of hydrogen-bond donors (Lipinski definition) is 13. The summed E-state index contributed by atoms with van der Waals surface area (Å²) in [7, 11) is 0. The summed E-state index contributed by atoms with van der Waals surface area (Å²) in [6, 6.07) is 6.47. The molecule has 0 saturated carbocycles. The summed E-state index contributed by atoms with van der Waals surface area (Å²) in [4.78, 5) is 117. The van der Waals surface area contributed by atoms with Gasteiger partial charge in [-0.25, -0.2) is 0 Å². The molecule has 72 heavy (non-hydrogen) atoms. The number of rotatable bonds is 32. The molecule has 398 valence electrons. The molecule has 18 N–H and O–H groups in total. The minimum absolute atomic E-state index is 0.00836. The molecule has 0 spiro atoms. The second-order valence-corrected chi connectivity index (χ2v) is 18.1. The molecule has 1 unspecified atom stereocenters. The molecule has 0 heterocycles. The number of phenolic OH excluding ortho intramolecular Hbond substituents is 1. The van der Waals surface area contributed by atoms with Crippen molar-refractivity contribution >= 4 is 59.1 Å². The molecule has 23 nitrogen and oxygen atoms in total. The Balaban J connectivity index is 2.52. The predicted molar refractivity (Wildman–Crippen MR) is 274 cm³/mol. The number of aromatic hydroxyl groups is 1. The predicted octanol–water partition coefficient (Wildman–Crippen LogP) is -1.27. The Morgan fingerprint density at radius 1 is 0.528 bits per heavy atom. The van der Waals surface area contributed by atoms with E-state index in [1.165, 1.54) is 26.0 Å². The summed E-state index contributed by atoms with van der Waals surface area (Å²) >= 11 is 0. The van der Waals surface area contributed by atoms with Crippen LogP contribution in [0, 0.1) is 11.8 Å². The Bertz CT molecular complexity index is 2150. The van der Waals surface area contributed by atoms with Crippen LogP contribution in [-0.4, -0.2) is 126 Å². The number of aliphatic imine (C=N–C) groups is 2. The van der Waals surface area contributed by atoms with Gasteiger partial charge in [-0.15, -0.1) is 0 Å². The van der Waals surface area contributed by atoms with Gasteiger partial charge in [0.15, 0.2) is 17.7 Å². The van der Waals surface area contributed by atoms with Crippen LogP contribution < -0.4 is 65.9 Å². The van der Waals surface area contributed by atoms with Crippen LogP contribution in [0.3, 0.4) is 0 Å². The van der Waals surface area contributed by atoms with Crippen molar-refractivity contribution in [2.45, 2.75) is 142 Å². The molecular formula is C49H78N14O9. The first-order valence-electron chi connectivity index (χ1n) is 24.3. The van der Waals surface area contributed by atoms with E-state index in [4.69, 9.17) is 28.7 Å². The molecule has 0 bridgehead atoms. The summed E-state index contributed by atoms with van der Waals surface area (Å²) in [5, 5.41) is 29.1. The first-order chi connectivity index (χ1) is 34.1. The number of guanidine groups is 2. The molecule has 7 amide bonds. The zero-order valence-corrected chi connectivity index (χ0v) is 42.4. The highest BCUT2D eigenvalue weighted by Crippen LogP contribution is 2.15. The second-order valence-electron chi connectivity index (χ2n) is 18.1. The van der Waals surface area contributed by atoms with Gasteiger partial charge in [-0.1, -0.05) is 76.6 Å². The maximum atomic E-state index is 14.5. The van der Waals surface area contributed by atoms with Crippen molar-refractivity contribution < 1.29 is 43.5 Å². The molecule has 2 aromatic carbocycles. The SMILES string of the molecule is CC[C@H](C)C(NC(=O)[C@H](CCCN=C(N)N)NC(=O)[C@H](NC(=O)[C@H](Cc1ccccc1)NC(=O)[C@H](Cc1ccc(O)cc1)NC(=O)[C@H](CCCN=C(N)N)NC(C)=O)C(C)C)C(=O)N[C@@H](CCCN)C(C)=O. The van der Waals surface area contributed by atoms with Gasteiger partial charge in [0.2, 0.25) is 41.4 Å². The van der Waals surface area contributed by atoms with Crippen LogP contribution >= 0.6 is 0 Å². The number of nitrogens with two attached hydrogens (primary N) is 5. The number of hydrogen-bond acceptors (Lipinski definition) is 12. The maximum Gasteiger partial charge on any atom is 0.243 e. The first-order valence-corrected chi connectivity index (χ1v) is 24.3. The third-order valence-electron chi connectivity index (χ3n) is 11.7. The number of nitrogens with zero attached hydrogens (tertiary/aromatic N) is 2. The summed E-state index contributed by atoms with van der Waals surface area (Å²) < 4.78 is 0. The van der Waals surface area contributed by atoms with Gasteiger partial charge in [-0.3, -0.25) is 48.3 Å². The number of amides is 7. The zero-order chi connectivity index (χ0) is 53.9. The van der Waals surface area contributed by atoms with Crippen molar-refractivity contribution in [1.29, 1.82) is 0 Å². The lowest BCUT2D eigenvalue weighted by molar-refractivity contribution is -0.136. The topological polar surface area (TPSA) is 396 Å². The minimum atomic E-state index is -1.34. The highest BCUT2D eigenvalue weighted by molar-refractivity contribution is 5.98. The van der Waals surface area contributed by atoms with E-state index in [9.17, 15) is 43.5 Å². The largest absolute Gasteiger partial charge is 0.508 e. The fourth-order valence-electron chi connectivity index (χ4n) is 7.44. The average Bonchev–Trinajstić information content (AvgIpc) is 3.32. The van der Waals surface area contributed by atoms with E-state index >= 15 is 0 Å². The smallest absolute Gasteiger partial charge is 0.243 e. The van der Waals surface area contributed by atoms with Gasteiger partial charge in [0, 0.05) is 32.9 Å². The number of Topliss-reactive ketones (excluding diaryl/α,β-unsaturated/α-hetero) is 1. The van der Waals surface area contributed by atoms with Crippen molar-refractivity contribution in [2.24, 2.45) is 50.5 Å². The number of carbonyl (C=O) groups is 8. The number of phenols is 1. The number of nitrogens with one attached hydrogen (secondary N) is 7. The molecule has 0 aliphatic carbocycles. The number of carbonyl (C=O) groups excluding carboxylic acids is 8. The molecule has 0 aromatic heterocycles. The van der Waals surface area contributed by atoms with Gasteiger partial charge in [-0.2, -0.15) is 0 Å². The summed E-state index contributed by atoms with van der Waals surface area (Å²) in [5.41, 5.74) is 28.8. The normalized spacial score (nSPS) is 14.3. The summed E-state index contributed by atoms with van der Waals surface area (Å²) in [6.45, 7) is 10.1. The molecule has 23 heteroatoms. The molecule has 0 radical (unpaired) electrons. The monoisotopic (exact) mass is 1010 g/mol. The van der Waals surface area contributed by atoms with Gasteiger partial charge in [-0.05, 0) is 87.1 Å². The number of ketones is 1. The molecule has 2 rings (SSSR count). The van der Waals surface area contributed by atoms with Crippen LogP contribution in [0.2, 0.25) is 0 Å². The van der Waals surface area contributed by atoms with Gasteiger partial charge in [0.1, 0.15) is 42.0 Å². The molecule has 0 fully saturated rings. The maximum absolute atomic E-state index is 14.5. The van der Waals surface area contributed by atoms with E-state index in [0.717, 1.165) is 0 Å². The Labute approximate surface area is 421 Å². The van der Waals surface area contributed by atoms with Crippen LogP contribution in [0.4, 0.5) is 0 Å². The summed E-state index contributed by atoms with van der Waals surface area (Å²) in [6.07, 6.45) is 1.73. The lowest BCUT2D eigenvalue weighted by atomic mass is 9.96. The Morgan fingerprint density at radius 2 is 0.944 bits per heavy atom. The summed E-state index contributed by atoms with van der Waals surface area (Å²) in [5.74, 6) is -6.44. The van der Waals surface area contributed by atoms with E-state index < -0.39 is 95.5 Å². The zero-order valence-electron chi connectivity index (χ0n) is 42.4. The Kier molecular flexibility index (Phi) is 26.9. The van der Waals surface area contributed by atoms with Crippen LogP contribution in [0.5, 0.6) is 5.75 Å². The molecule has 0 saturated heterocycles. The highest BCUT2D eigenvalue weighted by atomic mass is 16.3. The van der Waals surface area contributed by atoms with E-state index in [0.29, 0.717) is 43.4 Å². The lowest BCUT2D eigenvalue weighted by Gasteiger charge is -2.30. The standard InChI is InChI=1S/C49H78N14O9/c1-7-29(4)41(47(72)58-35(30(5)64)16-11-23-50)63-43(68)37(18-13-25-56-49(53)54)59-46(71)40(28(2)3)62-45(70)39(26-32-14-9-8-10-15-32)61-44(69)38(27-33-19-21-34(66)22-20-33)60-42(67)36(57-31(6)65)17-12-24-55-48(51)52/h8-10,14-15,19-22,28-29,35-41,66H,7,11-13,16-18,23-27,50H2,1-6H3,(H,57,65)(H,58,72)(H,59,71)(H,60,67)(H,61,69)(H,62,70)(H,63,68)(H4,51,52,55)(H4,53,54,56)/t29-,35-,36-,37-,38-,39-,40+,41?/m0/s1. The highest BCUT2D eigenvalue weighted by Gasteiger charge is 2.36. The fraction of sp³-hybridized carbons (Fsp3) is 0.551. The minimum Gasteiger partial charge on any atom is -0.508 e. The van der Waals surface area contributed by atoms with E-state index in [2.05, 4.69) is 47.2 Å². The van der Waals surface area contributed by atoms with Crippen molar-refractivity contribution in [3.8, 4) is 5.75 Å². The van der Waals surface area contributed by atoms with Crippen molar-refractivity contribution in [1.82, 2.24) is 37.2 Å². The quantitative estimate of drug-likeness (QED) is 0.0231. The van der Waals surface area contributed by atoms with Crippen LogP contribution in [0.15, 0.2) is 64.6 Å². The Morgan fingerprint density at radius 3 is 1.42 bits per heavy atom. The third kappa shape index (κ3) is 22.6. The lowest BCUT2D eigenvalue weighted by Crippen LogP contribution is -2.61. The van der Waals surface area contributed by atoms with E-state index in [-0.39, 0.29) is 68.6 Å². The van der Waals surface area contributed by atoms with Gasteiger partial charge >= 0.3 is 0 Å². The van der Waals surface area contributed by atoms with Crippen molar-refractivity contribution in [3.05, 3.63) is 65.7 Å². The van der Waals surface area contributed by atoms with Crippen LogP contribution in [0.1, 0.15) is 97.6 Å². The number of benzene rings is 2.